The third-order valence-electron chi connectivity index (χ3n) is 5.50. The Morgan fingerprint density at radius 2 is 1.59 bits per heavy atom. The van der Waals surface area contributed by atoms with Gasteiger partial charge in [-0.3, -0.25) is 0 Å². The van der Waals surface area contributed by atoms with Crippen LogP contribution in [-0.4, -0.2) is 44.0 Å². The minimum atomic E-state index is -0.207. The molecule has 1 aliphatic heterocycles. The lowest BCUT2D eigenvalue weighted by Gasteiger charge is -2.35. The minimum absolute atomic E-state index is 0.106. The third-order valence-corrected chi connectivity index (χ3v) is 5.50. The zero-order valence-electron chi connectivity index (χ0n) is 14.0. The van der Waals surface area contributed by atoms with Gasteiger partial charge in [0.1, 0.15) is 0 Å². The molecule has 128 valence electrons. The molecular formula is C17H32N2O3. The van der Waals surface area contributed by atoms with Crippen molar-refractivity contribution in [3.8, 4) is 0 Å². The van der Waals surface area contributed by atoms with Crippen LogP contribution < -0.4 is 10.6 Å². The largest absolute Gasteiger partial charge is 0.396 e. The summed E-state index contributed by atoms with van der Waals surface area (Å²) in [6, 6.07) is -0.107. The van der Waals surface area contributed by atoms with Gasteiger partial charge in [-0.05, 0) is 31.1 Å². The van der Waals surface area contributed by atoms with E-state index in [0.29, 0.717) is 19.8 Å². The summed E-state index contributed by atoms with van der Waals surface area (Å²) in [5.74, 6) is 0. The van der Waals surface area contributed by atoms with E-state index in [1.807, 2.05) is 0 Å². The number of rotatable bonds is 5. The van der Waals surface area contributed by atoms with Crippen LogP contribution in [0.5, 0.6) is 0 Å². The summed E-state index contributed by atoms with van der Waals surface area (Å²) in [6.45, 7) is 4.99. The molecule has 0 aromatic rings. The highest BCUT2D eigenvalue weighted by atomic mass is 16.5. The number of nitrogens with one attached hydrogen (secondary N) is 2. The molecule has 5 heteroatoms. The van der Waals surface area contributed by atoms with E-state index >= 15 is 0 Å². The summed E-state index contributed by atoms with van der Waals surface area (Å²) in [5, 5.41) is 15.6. The van der Waals surface area contributed by atoms with Crippen molar-refractivity contribution in [3.63, 3.8) is 0 Å². The van der Waals surface area contributed by atoms with Crippen molar-refractivity contribution >= 4 is 6.03 Å². The molecule has 2 amide bonds. The molecule has 2 aliphatic rings. The minimum Gasteiger partial charge on any atom is -0.396 e. The molecule has 1 aliphatic carbocycles. The first-order chi connectivity index (χ1) is 10.6. The molecule has 0 bridgehead atoms. The molecule has 0 atom stereocenters. The lowest BCUT2D eigenvalue weighted by atomic mass is 9.81. The molecule has 0 radical (unpaired) electrons. The van der Waals surface area contributed by atoms with E-state index in [1.54, 1.807) is 0 Å². The van der Waals surface area contributed by atoms with E-state index < -0.39 is 0 Å². The molecule has 1 saturated carbocycles. The topological polar surface area (TPSA) is 70.6 Å². The van der Waals surface area contributed by atoms with Gasteiger partial charge in [-0.2, -0.15) is 0 Å². The van der Waals surface area contributed by atoms with Crippen LogP contribution in [0.4, 0.5) is 4.79 Å². The fourth-order valence-corrected chi connectivity index (χ4v) is 3.58. The quantitative estimate of drug-likeness (QED) is 0.683. The van der Waals surface area contributed by atoms with Crippen molar-refractivity contribution in [2.24, 2.45) is 10.8 Å². The van der Waals surface area contributed by atoms with Gasteiger partial charge < -0.3 is 20.5 Å². The first-order valence-electron chi connectivity index (χ1n) is 8.78. The van der Waals surface area contributed by atoms with Gasteiger partial charge >= 0.3 is 6.03 Å². The van der Waals surface area contributed by atoms with E-state index in [4.69, 9.17) is 4.74 Å². The van der Waals surface area contributed by atoms with Crippen molar-refractivity contribution in [2.45, 2.75) is 58.3 Å². The molecule has 0 aromatic carbocycles. The van der Waals surface area contributed by atoms with Crippen molar-refractivity contribution < 1.29 is 14.6 Å². The molecule has 0 spiro atoms. The predicted molar refractivity (Wildman–Crippen MR) is 86.8 cm³/mol. The number of hydrogen-bond donors (Lipinski definition) is 3. The number of aliphatic hydroxyl groups excluding tert-OH is 1. The van der Waals surface area contributed by atoms with Gasteiger partial charge in [0.2, 0.25) is 0 Å². The molecule has 5 nitrogen and oxygen atoms in total. The summed E-state index contributed by atoms with van der Waals surface area (Å²) in [7, 11) is 0. The van der Waals surface area contributed by atoms with Crippen LogP contribution >= 0.6 is 0 Å². The number of hydrogen-bond acceptors (Lipinski definition) is 3. The van der Waals surface area contributed by atoms with Crippen molar-refractivity contribution in [1.82, 2.24) is 10.6 Å². The van der Waals surface area contributed by atoms with Gasteiger partial charge in [0.05, 0.1) is 6.61 Å². The fraction of sp³-hybridized carbons (Fsp3) is 0.941. The molecule has 2 rings (SSSR count). The molecule has 3 N–H and O–H groups in total. The first-order valence-corrected chi connectivity index (χ1v) is 8.78. The van der Waals surface area contributed by atoms with E-state index in [9.17, 15) is 9.90 Å². The molecule has 0 unspecified atom stereocenters. The van der Waals surface area contributed by atoms with Gasteiger partial charge in [0.15, 0.2) is 0 Å². The maximum absolute atomic E-state index is 12.1. The molecule has 2 fully saturated rings. The predicted octanol–water partition coefficient (Wildman–Crippen LogP) is 2.44. The Morgan fingerprint density at radius 1 is 1.00 bits per heavy atom. The molecule has 1 saturated heterocycles. The maximum atomic E-state index is 12.1. The van der Waals surface area contributed by atoms with Crippen LogP contribution in [-0.2, 0) is 4.74 Å². The Labute approximate surface area is 134 Å². The normalized spacial score (nSPS) is 24.3. The van der Waals surface area contributed by atoms with Crippen molar-refractivity contribution in [2.75, 3.05) is 32.9 Å². The van der Waals surface area contributed by atoms with Crippen molar-refractivity contribution in [1.29, 1.82) is 0 Å². The van der Waals surface area contributed by atoms with E-state index in [0.717, 1.165) is 19.4 Å². The van der Waals surface area contributed by atoms with Crippen LogP contribution in [0.25, 0.3) is 0 Å². The summed E-state index contributed by atoms with van der Waals surface area (Å²) >= 11 is 0. The fourth-order valence-electron chi connectivity index (χ4n) is 3.58. The molecule has 1 heterocycles. The second kappa shape index (κ2) is 8.16. The van der Waals surface area contributed by atoms with Crippen LogP contribution in [0.3, 0.4) is 0 Å². The average molecular weight is 312 g/mol. The summed E-state index contributed by atoms with van der Waals surface area (Å²) < 4.78 is 5.35. The van der Waals surface area contributed by atoms with Crippen LogP contribution in [0.1, 0.15) is 58.3 Å². The van der Waals surface area contributed by atoms with Gasteiger partial charge in [-0.25, -0.2) is 4.79 Å². The highest BCUT2D eigenvalue weighted by molar-refractivity contribution is 5.73. The molecule has 22 heavy (non-hydrogen) atoms. The number of carbonyl (C=O) groups is 1. The number of ether oxygens (including phenoxy) is 1. The second-order valence-electron chi connectivity index (χ2n) is 7.53. The molecule has 0 aromatic heterocycles. The maximum Gasteiger partial charge on any atom is 0.314 e. The lowest BCUT2D eigenvalue weighted by Crippen LogP contribution is -2.48. The van der Waals surface area contributed by atoms with Crippen LogP contribution in [0.2, 0.25) is 0 Å². The third kappa shape index (κ3) is 5.13. The number of carbonyl (C=O) groups excluding carboxylic acids is 1. The van der Waals surface area contributed by atoms with Gasteiger partial charge in [-0.1, -0.05) is 32.6 Å². The summed E-state index contributed by atoms with van der Waals surface area (Å²) in [4.78, 5) is 12.1. The van der Waals surface area contributed by atoms with E-state index in [2.05, 4.69) is 17.6 Å². The Kier molecular flexibility index (Phi) is 6.50. The average Bonchev–Trinajstić information content (AvgIpc) is 2.77. The van der Waals surface area contributed by atoms with Crippen molar-refractivity contribution in [3.05, 3.63) is 0 Å². The highest BCUT2D eigenvalue weighted by Crippen LogP contribution is 2.33. The van der Waals surface area contributed by atoms with E-state index in [1.165, 1.54) is 38.5 Å². The molecular weight excluding hydrogens is 280 g/mol. The number of urea groups is 1. The zero-order chi connectivity index (χ0) is 15.9. The number of aliphatic hydroxyl groups is 1. The SMILES string of the molecule is CC1(CNC(=O)NCC2(CO)CCOCC2)CCCCCC1. The summed E-state index contributed by atoms with van der Waals surface area (Å²) in [5.41, 5.74) is 0.0307. The lowest BCUT2D eigenvalue weighted by molar-refractivity contribution is -0.0139. The first kappa shape index (κ1) is 17.5. The van der Waals surface area contributed by atoms with Gasteiger partial charge in [0, 0.05) is 31.7 Å². The Balaban J connectivity index is 1.73. The number of amides is 2. The summed E-state index contributed by atoms with van der Waals surface area (Å²) in [6.07, 6.45) is 9.20. The zero-order valence-corrected chi connectivity index (χ0v) is 14.0. The second-order valence-corrected chi connectivity index (χ2v) is 7.53. The van der Waals surface area contributed by atoms with Crippen LogP contribution in [0.15, 0.2) is 0 Å². The van der Waals surface area contributed by atoms with Crippen LogP contribution in [0, 0.1) is 10.8 Å². The Hall–Kier alpha value is -0.810. The van der Waals surface area contributed by atoms with E-state index in [-0.39, 0.29) is 23.5 Å². The Morgan fingerprint density at radius 3 is 2.18 bits per heavy atom. The van der Waals surface area contributed by atoms with Gasteiger partial charge in [-0.15, -0.1) is 0 Å². The smallest absolute Gasteiger partial charge is 0.314 e. The monoisotopic (exact) mass is 312 g/mol. The Bertz CT molecular complexity index is 346. The highest BCUT2D eigenvalue weighted by Gasteiger charge is 2.32. The standard InChI is InChI=1S/C17H32N2O3/c1-16(6-4-2-3-5-7-16)12-18-15(21)19-13-17(14-20)8-10-22-11-9-17/h20H,2-14H2,1H3,(H2,18,19,21). The van der Waals surface area contributed by atoms with Gasteiger partial charge in [0.25, 0.3) is 0 Å².